The van der Waals surface area contributed by atoms with Crippen molar-refractivity contribution in [1.29, 1.82) is 0 Å². The van der Waals surface area contributed by atoms with E-state index < -0.39 is 12.1 Å². The minimum atomic E-state index is -0.913. The Bertz CT molecular complexity index is 897. The van der Waals surface area contributed by atoms with E-state index in [4.69, 9.17) is 23.2 Å². The minimum Gasteiger partial charge on any atom is -0.351 e. The summed E-state index contributed by atoms with van der Waals surface area (Å²) in [5.41, 5.74) is 1.12. The molecular formula is C23H28Cl2N4O2. The SMILES string of the molecule is CC(C)N1CCC(NC(=O)C(NC(=O)Nc2ccc(Cl)cc2)c2ccccc2Cl)CC1. The average Bonchev–Trinajstić information content (AvgIpc) is 2.74. The maximum absolute atomic E-state index is 13.2. The van der Waals surface area contributed by atoms with E-state index in [1.807, 2.05) is 0 Å². The highest BCUT2D eigenvalue weighted by atomic mass is 35.5. The molecule has 1 heterocycles. The van der Waals surface area contributed by atoms with E-state index >= 15 is 0 Å². The highest BCUT2D eigenvalue weighted by molar-refractivity contribution is 6.31. The fourth-order valence-electron chi connectivity index (χ4n) is 3.67. The van der Waals surface area contributed by atoms with Crippen LogP contribution in [-0.2, 0) is 4.79 Å². The Kier molecular flexibility index (Phi) is 8.18. The van der Waals surface area contributed by atoms with E-state index in [9.17, 15) is 9.59 Å². The van der Waals surface area contributed by atoms with Gasteiger partial charge in [0.25, 0.3) is 0 Å². The van der Waals surface area contributed by atoms with Crippen molar-refractivity contribution in [3.63, 3.8) is 0 Å². The van der Waals surface area contributed by atoms with E-state index in [2.05, 4.69) is 34.7 Å². The second kappa shape index (κ2) is 10.8. The number of anilines is 1. The third kappa shape index (κ3) is 6.60. The van der Waals surface area contributed by atoms with Gasteiger partial charge >= 0.3 is 6.03 Å². The van der Waals surface area contributed by atoms with Crippen molar-refractivity contribution >= 4 is 40.8 Å². The Morgan fingerprint density at radius 1 is 1.00 bits per heavy atom. The van der Waals surface area contributed by atoms with Crippen LogP contribution in [0.1, 0.15) is 38.3 Å². The van der Waals surface area contributed by atoms with E-state index in [1.165, 1.54) is 0 Å². The molecule has 3 amide bonds. The van der Waals surface area contributed by atoms with Crippen LogP contribution < -0.4 is 16.0 Å². The summed E-state index contributed by atoms with van der Waals surface area (Å²) in [7, 11) is 0. The maximum atomic E-state index is 13.2. The van der Waals surface area contributed by atoms with Gasteiger partial charge in [0.1, 0.15) is 6.04 Å². The molecule has 0 aliphatic carbocycles. The average molecular weight is 463 g/mol. The molecule has 2 aromatic carbocycles. The van der Waals surface area contributed by atoms with Gasteiger partial charge in [-0.1, -0.05) is 41.4 Å². The van der Waals surface area contributed by atoms with Crippen LogP contribution in [0.25, 0.3) is 0 Å². The minimum absolute atomic E-state index is 0.0635. The van der Waals surface area contributed by atoms with E-state index in [1.54, 1.807) is 48.5 Å². The summed E-state index contributed by atoms with van der Waals surface area (Å²) >= 11 is 12.2. The summed E-state index contributed by atoms with van der Waals surface area (Å²) in [4.78, 5) is 28.2. The molecule has 1 aliphatic heterocycles. The number of hydrogen-bond donors (Lipinski definition) is 3. The van der Waals surface area contributed by atoms with Crippen molar-refractivity contribution in [1.82, 2.24) is 15.5 Å². The highest BCUT2D eigenvalue weighted by Gasteiger charge is 2.28. The maximum Gasteiger partial charge on any atom is 0.320 e. The number of nitrogens with one attached hydrogen (secondary N) is 3. The van der Waals surface area contributed by atoms with Crippen LogP contribution >= 0.6 is 23.2 Å². The van der Waals surface area contributed by atoms with Gasteiger partial charge in [-0.15, -0.1) is 0 Å². The normalized spacial score (nSPS) is 16.0. The number of halogens is 2. The van der Waals surface area contributed by atoms with Gasteiger partial charge in [0.15, 0.2) is 0 Å². The fraction of sp³-hybridized carbons (Fsp3) is 0.391. The number of hydrogen-bond acceptors (Lipinski definition) is 3. The molecule has 1 unspecified atom stereocenters. The summed E-state index contributed by atoms with van der Waals surface area (Å²) in [5, 5.41) is 9.58. The van der Waals surface area contributed by atoms with E-state index in [0.29, 0.717) is 27.3 Å². The first-order valence-corrected chi connectivity index (χ1v) is 11.2. The molecule has 0 bridgehead atoms. The van der Waals surface area contributed by atoms with Crippen molar-refractivity contribution in [3.05, 3.63) is 64.1 Å². The Labute approximate surface area is 193 Å². The van der Waals surface area contributed by atoms with Gasteiger partial charge in [0, 0.05) is 46.5 Å². The quantitative estimate of drug-likeness (QED) is 0.574. The van der Waals surface area contributed by atoms with E-state index in [-0.39, 0.29) is 11.9 Å². The van der Waals surface area contributed by atoms with Crippen molar-refractivity contribution in [2.75, 3.05) is 18.4 Å². The van der Waals surface area contributed by atoms with Crippen molar-refractivity contribution in [2.24, 2.45) is 0 Å². The molecular weight excluding hydrogens is 435 g/mol. The summed E-state index contributed by atoms with van der Waals surface area (Å²) in [6.45, 7) is 6.22. The number of urea groups is 1. The topological polar surface area (TPSA) is 73.5 Å². The molecule has 1 fully saturated rings. The molecule has 6 nitrogen and oxygen atoms in total. The lowest BCUT2D eigenvalue weighted by Gasteiger charge is -2.35. The van der Waals surface area contributed by atoms with Gasteiger partial charge in [-0.2, -0.15) is 0 Å². The zero-order valence-corrected chi connectivity index (χ0v) is 19.2. The van der Waals surface area contributed by atoms with Crippen LogP contribution in [-0.4, -0.2) is 42.0 Å². The van der Waals surface area contributed by atoms with Crippen molar-refractivity contribution < 1.29 is 9.59 Å². The molecule has 1 atom stereocenters. The number of benzene rings is 2. The fourth-order valence-corrected chi connectivity index (χ4v) is 4.04. The first-order valence-electron chi connectivity index (χ1n) is 10.5. The molecule has 166 valence electrons. The molecule has 1 aliphatic rings. The molecule has 1 saturated heterocycles. The zero-order valence-electron chi connectivity index (χ0n) is 17.7. The largest absolute Gasteiger partial charge is 0.351 e. The standard InChI is InChI=1S/C23H28Cl2N4O2/c1-15(2)29-13-11-18(12-14-29)26-22(30)21(19-5-3-4-6-20(19)25)28-23(31)27-17-9-7-16(24)8-10-17/h3-10,15,18,21H,11-14H2,1-2H3,(H,26,30)(H2,27,28,31). The molecule has 0 spiro atoms. The van der Waals surface area contributed by atoms with Gasteiger partial charge in [0.05, 0.1) is 0 Å². The van der Waals surface area contributed by atoms with Crippen LogP contribution in [0.4, 0.5) is 10.5 Å². The number of piperidine rings is 1. The molecule has 31 heavy (non-hydrogen) atoms. The zero-order chi connectivity index (χ0) is 22.4. The lowest BCUT2D eigenvalue weighted by atomic mass is 10.0. The van der Waals surface area contributed by atoms with Crippen LogP contribution in [0.15, 0.2) is 48.5 Å². The molecule has 8 heteroatoms. The number of nitrogens with zero attached hydrogens (tertiary/aromatic N) is 1. The first-order chi connectivity index (χ1) is 14.8. The second-order valence-corrected chi connectivity index (χ2v) is 8.82. The van der Waals surface area contributed by atoms with Gasteiger partial charge in [-0.25, -0.2) is 4.79 Å². The third-order valence-electron chi connectivity index (χ3n) is 5.46. The predicted molar refractivity (Wildman–Crippen MR) is 126 cm³/mol. The predicted octanol–water partition coefficient (Wildman–Crippen LogP) is 4.85. The smallest absolute Gasteiger partial charge is 0.320 e. The Morgan fingerprint density at radius 2 is 1.65 bits per heavy atom. The van der Waals surface area contributed by atoms with Gasteiger partial charge in [-0.3, -0.25) is 4.79 Å². The summed E-state index contributed by atoms with van der Waals surface area (Å²) in [5.74, 6) is -0.276. The number of likely N-dealkylation sites (tertiary alicyclic amines) is 1. The summed E-state index contributed by atoms with van der Waals surface area (Å²) in [6, 6.07) is 12.9. The Balaban J connectivity index is 1.69. The number of carbonyl (C=O) groups is 2. The summed E-state index contributed by atoms with van der Waals surface area (Å²) < 4.78 is 0. The van der Waals surface area contributed by atoms with Crippen LogP contribution in [0, 0.1) is 0 Å². The van der Waals surface area contributed by atoms with Gasteiger partial charge in [-0.05, 0) is 57.0 Å². The lowest BCUT2D eigenvalue weighted by molar-refractivity contribution is -0.124. The first kappa shape index (κ1) is 23.4. The molecule has 3 rings (SSSR count). The van der Waals surface area contributed by atoms with Gasteiger partial charge < -0.3 is 20.9 Å². The van der Waals surface area contributed by atoms with Crippen molar-refractivity contribution in [3.8, 4) is 0 Å². The highest BCUT2D eigenvalue weighted by Crippen LogP contribution is 2.24. The number of rotatable bonds is 6. The molecule has 0 saturated carbocycles. The Morgan fingerprint density at radius 3 is 2.26 bits per heavy atom. The number of carbonyl (C=O) groups excluding carboxylic acids is 2. The monoisotopic (exact) mass is 462 g/mol. The Hall–Kier alpha value is -2.28. The van der Waals surface area contributed by atoms with Gasteiger partial charge in [0.2, 0.25) is 5.91 Å². The second-order valence-electron chi connectivity index (χ2n) is 7.97. The summed E-state index contributed by atoms with van der Waals surface area (Å²) in [6.07, 6.45) is 1.74. The third-order valence-corrected chi connectivity index (χ3v) is 6.06. The number of amides is 3. The van der Waals surface area contributed by atoms with Crippen LogP contribution in [0.3, 0.4) is 0 Å². The molecule has 2 aromatic rings. The van der Waals surface area contributed by atoms with Crippen LogP contribution in [0.2, 0.25) is 10.0 Å². The van der Waals surface area contributed by atoms with Crippen LogP contribution in [0.5, 0.6) is 0 Å². The van der Waals surface area contributed by atoms with E-state index in [0.717, 1.165) is 25.9 Å². The molecule has 3 N–H and O–H groups in total. The lowest BCUT2D eigenvalue weighted by Crippen LogP contribution is -2.50. The van der Waals surface area contributed by atoms with Crippen molar-refractivity contribution in [2.45, 2.75) is 44.8 Å². The molecule has 0 aromatic heterocycles. The molecule has 0 radical (unpaired) electrons.